The molecule has 0 fully saturated rings. The van der Waals surface area contributed by atoms with E-state index in [0.717, 1.165) is 24.6 Å². The normalized spacial score (nSPS) is 11.0. The van der Waals surface area contributed by atoms with Gasteiger partial charge in [0.2, 0.25) is 0 Å². The van der Waals surface area contributed by atoms with Gasteiger partial charge in [-0.2, -0.15) is 13.2 Å². The van der Waals surface area contributed by atoms with E-state index in [1.807, 2.05) is 6.92 Å². The van der Waals surface area contributed by atoms with Gasteiger partial charge in [-0.3, -0.25) is 9.59 Å². The molecule has 0 atom stereocenters. The molecule has 0 saturated carbocycles. The summed E-state index contributed by atoms with van der Waals surface area (Å²) in [6.45, 7) is 2.01. The summed E-state index contributed by atoms with van der Waals surface area (Å²) in [6, 6.07) is 13.9. The largest absolute Gasteiger partial charge is 0.494 e. The van der Waals surface area contributed by atoms with Gasteiger partial charge in [-0.1, -0.05) is 6.92 Å². The molecule has 0 aromatic heterocycles. The summed E-state index contributed by atoms with van der Waals surface area (Å²) >= 11 is 0. The van der Waals surface area contributed by atoms with E-state index in [4.69, 9.17) is 9.47 Å². The van der Waals surface area contributed by atoms with Gasteiger partial charge in [0.25, 0.3) is 11.8 Å². The molecule has 6 nitrogen and oxygen atoms in total. The fourth-order valence-corrected chi connectivity index (χ4v) is 2.96. The predicted octanol–water partition coefficient (Wildman–Crippen LogP) is 5.90. The van der Waals surface area contributed by atoms with Gasteiger partial charge in [0, 0.05) is 11.3 Å². The summed E-state index contributed by atoms with van der Waals surface area (Å²) < 4.78 is 64.6. The van der Waals surface area contributed by atoms with Gasteiger partial charge in [-0.25, -0.2) is 4.39 Å². The highest BCUT2D eigenvalue weighted by Gasteiger charge is 2.34. The second-order valence-electron chi connectivity index (χ2n) is 7.38. The third-order valence-electron chi connectivity index (χ3n) is 4.63. The maximum atomic E-state index is 13.6. The Bertz CT molecular complexity index is 1160. The van der Waals surface area contributed by atoms with Gasteiger partial charge >= 0.3 is 6.18 Å². The van der Waals surface area contributed by atoms with E-state index in [2.05, 4.69) is 10.6 Å². The topological polar surface area (TPSA) is 76.7 Å². The Kier molecular flexibility index (Phi) is 8.30. The molecule has 2 amide bonds. The van der Waals surface area contributed by atoms with E-state index in [1.165, 1.54) is 18.2 Å². The molecule has 10 heteroatoms. The van der Waals surface area contributed by atoms with Crippen molar-refractivity contribution < 1.29 is 36.6 Å². The van der Waals surface area contributed by atoms with Crippen molar-refractivity contribution in [1.29, 1.82) is 0 Å². The number of carbonyl (C=O) groups is 2. The predicted molar refractivity (Wildman–Crippen MR) is 122 cm³/mol. The highest BCUT2D eigenvalue weighted by molar-refractivity contribution is 6.04. The van der Waals surface area contributed by atoms with E-state index in [0.29, 0.717) is 24.2 Å². The van der Waals surface area contributed by atoms with Crippen LogP contribution < -0.4 is 20.1 Å². The van der Waals surface area contributed by atoms with Crippen molar-refractivity contribution >= 4 is 23.2 Å². The van der Waals surface area contributed by atoms with Crippen molar-refractivity contribution in [2.45, 2.75) is 19.5 Å². The summed E-state index contributed by atoms with van der Waals surface area (Å²) in [6.07, 6.45) is -3.96. The molecule has 2 N–H and O–H groups in total. The minimum atomic E-state index is -4.81. The Balaban J connectivity index is 1.65. The average molecular weight is 490 g/mol. The van der Waals surface area contributed by atoms with Crippen LogP contribution in [-0.4, -0.2) is 25.0 Å². The van der Waals surface area contributed by atoms with Crippen LogP contribution in [0.3, 0.4) is 0 Å². The Morgan fingerprint density at radius 1 is 0.857 bits per heavy atom. The quantitative estimate of drug-likeness (QED) is 0.366. The van der Waals surface area contributed by atoms with E-state index in [-0.39, 0.29) is 11.3 Å². The fraction of sp³-hybridized carbons (Fsp3) is 0.200. The number of carbonyl (C=O) groups excluding carboxylic acids is 2. The Labute approximate surface area is 198 Å². The number of rotatable bonds is 9. The molecule has 3 rings (SSSR count). The lowest BCUT2D eigenvalue weighted by molar-refractivity contribution is -0.137. The highest BCUT2D eigenvalue weighted by atomic mass is 19.4. The highest BCUT2D eigenvalue weighted by Crippen LogP contribution is 2.36. The molecule has 184 valence electrons. The minimum Gasteiger partial charge on any atom is -0.494 e. The van der Waals surface area contributed by atoms with Gasteiger partial charge in [-0.15, -0.1) is 0 Å². The van der Waals surface area contributed by atoms with Gasteiger partial charge in [0.15, 0.2) is 6.61 Å². The van der Waals surface area contributed by atoms with Crippen LogP contribution in [0.5, 0.6) is 11.5 Å². The summed E-state index contributed by atoms with van der Waals surface area (Å²) in [5.41, 5.74) is -1.72. The van der Waals surface area contributed by atoms with E-state index < -0.39 is 41.7 Å². The summed E-state index contributed by atoms with van der Waals surface area (Å²) in [7, 11) is 0. The molecule has 0 aliphatic carbocycles. The summed E-state index contributed by atoms with van der Waals surface area (Å²) in [5.74, 6) is -1.09. The molecule has 0 radical (unpaired) electrons. The molecule has 3 aromatic rings. The molecule has 0 bridgehead atoms. The number of hydrogen-bond donors (Lipinski definition) is 2. The molecule has 3 aromatic carbocycles. The van der Waals surface area contributed by atoms with Crippen LogP contribution >= 0.6 is 0 Å². The Morgan fingerprint density at radius 2 is 1.49 bits per heavy atom. The van der Waals surface area contributed by atoms with Crippen molar-refractivity contribution in [3.8, 4) is 11.5 Å². The number of alkyl halides is 3. The van der Waals surface area contributed by atoms with Crippen molar-refractivity contribution in [2.75, 3.05) is 23.8 Å². The smallest absolute Gasteiger partial charge is 0.418 e. The maximum Gasteiger partial charge on any atom is 0.418 e. The summed E-state index contributed by atoms with van der Waals surface area (Å²) in [5, 5.41) is 4.51. The van der Waals surface area contributed by atoms with Crippen LogP contribution in [0, 0.1) is 5.82 Å². The van der Waals surface area contributed by atoms with E-state index in [9.17, 15) is 27.2 Å². The van der Waals surface area contributed by atoms with Gasteiger partial charge in [0.05, 0.1) is 17.9 Å². The lowest BCUT2D eigenvalue weighted by atomic mass is 10.1. The first-order chi connectivity index (χ1) is 16.7. The second-order valence-corrected chi connectivity index (χ2v) is 7.38. The molecule has 0 aliphatic rings. The fourth-order valence-electron chi connectivity index (χ4n) is 2.96. The number of amides is 2. The van der Waals surface area contributed by atoms with Crippen LogP contribution in [0.1, 0.15) is 29.3 Å². The zero-order chi connectivity index (χ0) is 25.4. The number of ether oxygens (including phenoxy) is 2. The minimum absolute atomic E-state index is 0.0689. The first kappa shape index (κ1) is 25.5. The van der Waals surface area contributed by atoms with Crippen LogP contribution in [0.25, 0.3) is 0 Å². The molecular weight excluding hydrogens is 468 g/mol. The molecular formula is C25H22F4N2O4. The molecule has 0 aliphatic heterocycles. The van der Waals surface area contributed by atoms with Crippen molar-refractivity contribution in [1.82, 2.24) is 0 Å². The second kappa shape index (κ2) is 11.4. The number of anilines is 2. The Hall–Kier alpha value is -4.08. The van der Waals surface area contributed by atoms with Gasteiger partial charge < -0.3 is 20.1 Å². The molecule has 0 heterocycles. The first-order valence-corrected chi connectivity index (χ1v) is 10.6. The number of hydrogen-bond acceptors (Lipinski definition) is 4. The lowest BCUT2D eigenvalue weighted by Gasteiger charge is -2.16. The molecule has 0 saturated heterocycles. The van der Waals surface area contributed by atoms with Gasteiger partial charge in [0.1, 0.15) is 17.3 Å². The Morgan fingerprint density at radius 3 is 2.09 bits per heavy atom. The standard InChI is InChI=1S/C25H22F4N2O4/c1-2-13-34-19-8-10-20(11-9-19)35-15-23(32)31-22-12-7-18(14-21(22)25(27,28)29)30-24(33)16-3-5-17(26)6-4-16/h3-12,14H,2,13,15H2,1H3,(H,30,33)(H,31,32). The molecule has 35 heavy (non-hydrogen) atoms. The number of nitrogens with one attached hydrogen (secondary N) is 2. The van der Waals surface area contributed by atoms with E-state index in [1.54, 1.807) is 24.3 Å². The van der Waals surface area contributed by atoms with Crippen LogP contribution in [0.15, 0.2) is 66.7 Å². The van der Waals surface area contributed by atoms with Gasteiger partial charge in [-0.05, 0) is 73.2 Å². The zero-order valence-electron chi connectivity index (χ0n) is 18.6. The zero-order valence-corrected chi connectivity index (χ0v) is 18.6. The third-order valence-corrected chi connectivity index (χ3v) is 4.63. The van der Waals surface area contributed by atoms with Crippen LogP contribution in [0.2, 0.25) is 0 Å². The van der Waals surface area contributed by atoms with Crippen molar-refractivity contribution in [2.24, 2.45) is 0 Å². The van der Waals surface area contributed by atoms with E-state index >= 15 is 0 Å². The maximum absolute atomic E-state index is 13.6. The van der Waals surface area contributed by atoms with Crippen molar-refractivity contribution in [3.05, 3.63) is 83.7 Å². The third kappa shape index (κ3) is 7.46. The monoisotopic (exact) mass is 490 g/mol. The average Bonchev–Trinajstić information content (AvgIpc) is 2.82. The first-order valence-electron chi connectivity index (χ1n) is 10.6. The SMILES string of the molecule is CCCOc1ccc(OCC(=O)Nc2ccc(NC(=O)c3ccc(F)cc3)cc2C(F)(F)F)cc1. The van der Waals surface area contributed by atoms with Crippen LogP contribution in [0.4, 0.5) is 28.9 Å². The van der Waals surface area contributed by atoms with Crippen LogP contribution in [-0.2, 0) is 11.0 Å². The molecule has 0 unspecified atom stereocenters. The lowest BCUT2D eigenvalue weighted by Crippen LogP contribution is -2.22. The summed E-state index contributed by atoms with van der Waals surface area (Å²) in [4.78, 5) is 24.5. The van der Waals surface area contributed by atoms with Crippen molar-refractivity contribution in [3.63, 3.8) is 0 Å². The number of benzene rings is 3. The molecule has 0 spiro atoms. The number of halogens is 4.